The fourth-order valence-electron chi connectivity index (χ4n) is 3.48. The number of nitro groups is 1. The van der Waals surface area contributed by atoms with Crippen molar-refractivity contribution >= 4 is 39.6 Å². The van der Waals surface area contributed by atoms with Crippen LogP contribution in [-0.2, 0) is 9.59 Å². The number of carbonyl (C=O) groups is 2. The van der Waals surface area contributed by atoms with Crippen LogP contribution in [-0.4, -0.2) is 26.7 Å². The predicted molar refractivity (Wildman–Crippen MR) is 116 cm³/mol. The van der Waals surface area contributed by atoms with Crippen molar-refractivity contribution < 1.29 is 24.0 Å². The van der Waals surface area contributed by atoms with Gasteiger partial charge in [0.2, 0.25) is 0 Å². The zero-order valence-corrected chi connectivity index (χ0v) is 17.7. The number of thiazole rings is 1. The fourth-order valence-corrected chi connectivity index (χ4v) is 4.41. The average Bonchev–Trinajstić information content (AvgIpc) is 3.23. The van der Waals surface area contributed by atoms with Crippen molar-refractivity contribution in [1.29, 1.82) is 0 Å². The van der Waals surface area contributed by atoms with E-state index in [4.69, 9.17) is 0 Å². The number of rotatable bonds is 4. The first-order valence-corrected chi connectivity index (χ1v) is 10.3. The number of Topliss-reactive ketones (excluding diaryl/α,β-unsaturated/α-hetero) is 1. The minimum Gasteiger partial charge on any atom is -0.507 e. The second kappa shape index (κ2) is 7.97. The zero-order valence-electron chi connectivity index (χ0n) is 16.9. The number of halogens is 1. The Morgan fingerprint density at radius 2 is 1.88 bits per heavy atom. The number of non-ortho nitro benzene ring substituents is 1. The number of ketones is 1. The maximum Gasteiger partial charge on any atom is 0.301 e. The van der Waals surface area contributed by atoms with E-state index in [-0.39, 0.29) is 27.5 Å². The molecule has 10 heteroatoms. The Labute approximate surface area is 185 Å². The van der Waals surface area contributed by atoms with Gasteiger partial charge in [-0.1, -0.05) is 12.1 Å². The van der Waals surface area contributed by atoms with Gasteiger partial charge in [0.05, 0.1) is 22.2 Å². The topological polar surface area (TPSA) is 114 Å². The van der Waals surface area contributed by atoms with Crippen molar-refractivity contribution in [2.75, 3.05) is 4.90 Å². The maximum absolute atomic E-state index is 13.4. The highest BCUT2D eigenvalue weighted by atomic mass is 32.1. The van der Waals surface area contributed by atoms with Gasteiger partial charge >= 0.3 is 5.91 Å². The first kappa shape index (κ1) is 21.3. The molecule has 3 aromatic rings. The molecule has 1 aliphatic rings. The number of amides is 1. The highest BCUT2D eigenvalue weighted by molar-refractivity contribution is 7.16. The summed E-state index contributed by atoms with van der Waals surface area (Å²) < 4.78 is 13.4. The van der Waals surface area contributed by atoms with E-state index in [0.29, 0.717) is 5.69 Å². The molecule has 0 unspecified atom stereocenters. The number of hydrogen-bond donors (Lipinski definition) is 1. The van der Waals surface area contributed by atoms with Gasteiger partial charge in [-0.25, -0.2) is 9.37 Å². The lowest BCUT2D eigenvalue weighted by Gasteiger charge is -2.22. The SMILES string of the molecule is Cc1nc(N2C(=O)C(=O)/C(=C(/O)c3ccc(F)cc3)[C@@H]2c2cccc([N+](=O)[O-])c2)sc1C. The third-order valence-electron chi connectivity index (χ3n) is 5.18. The van der Waals surface area contributed by atoms with Gasteiger partial charge in [-0.15, -0.1) is 11.3 Å². The van der Waals surface area contributed by atoms with Crippen molar-refractivity contribution in [3.63, 3.8) is 0 Å². The molecule has 1 aromatic heterocycles. The second-order valence-corrected chi connectivity index (χ2v) is 8.35. The van der Waals surface area contributed by atoms with E-state index in [1.54, 1.807) is 6.92 Å². The molecule has 1 N–H and O–H groups in total. The number of aryl methyl sites for hydroxylation is 2. The van der Waals surface area contributed by atoms with Crippen molar-refractivity contribution in [2.45, 2.75) is 19.9 Å². The quantitative estimate of drug-likeness (QED) is 0.205. The first-order valence-electron chi connectivity index (χ1n) is 9.44. The normalized spacial score (nSPS) is 17.7. The van der Waals surface area contributed by atoms with Gasteiger partial charge in [0.15, 0.2) is 5.13 Å². The molecule has 4 rings (SSSR count). The molecule has 1 atom stereocenters. The summed E-state index contributed by atoms with van der Waals surface area (Å²) in [6, 6.07) is 9.13. The van der Waals surface area contributed by atoms with E-state index in [1.807, 2.05) is 6.92 Å². The van der Waals surface area contributed by atoms with Gasteiger partial charge < -0.3 is 5.11 Å². The number of nitrogens with zero attached hydrogens (tertiary/aromatic N) is 3. The monoisotopic (exact) mass is 453 g/mol. The van der Waals surface area contributed by atoms with Crippen molar-refractivity contribution in [3.05, 3.63) is 91.7 Å². The third-order valence-corrected chi connectivity index (χ3v) is 6.25. The number of aromatic nitrogens is 1. The number of anilines is 1. The summed E-state index contributed by atoms with van der Waals surface area (Å²) in [5, 5.41) is 22.5. The fraction of sp³-hybridized carbons (Fsp3) is 0.136. The number of aliphatic hydroxyl groups is 1. The Balaban J connectivity index is 1.97. The highest BCUT2D eigenvalue weighted by Gasteiger charge is 2.48. The minimum absolute atomic E-state index is 0.131. The lowest BCUT2D eigenvalue weighted by atomic mass is 9.95. The van der Waals surface area contributed by atoms with E-state index in [2.05, 4.69) is 4.98 Å². The average molecular weight is 453 g/mol. The smallest absolute Gasteiger partial charge is 0.301 e. The summed E-state index contributed by atoms with van der Waals surface area (Å²) in [5.74, 6) is -2.92. The maximum atomic E-state index is 13.4. The van der Waals surface area contributed by atoms with E-state index in [1.165, 1.54) is 47.7 Å². The molecule has 0 radical (unpaired) electrons. The van der Waals surface area contributed by atoms with Gasteiger partial charge in [0.1, 0.15) is 11.6 Å². The largest absolute Gasteiger partial charge is 0.507 e. The van der Waals surface area contributed by atoms with Crippen LogP contribution in [0.1, 0.15) is 27.7 Å². The van der Waals surface area contributed by atoms with Gasteiger partial charge in [0.25, 0.3) is 11.5 Å². The molecule has 1 amide bonds. The molecule has 8 nitrogen and oxygen atoms in total. The molecular formula is C22H16FN3O5S. The van der Waals surface area contributed by atoms with Gasteiger partial charge in [-0.05, 0) is 43.7 Å². The summed E-state index contributed by atoms with van der Waals surface area (Å²) in [7, 11) is 0. The molecular weight excluding hydrogens is 437 g/mol. The molecule has 0 spiro atoms. The minimum atomic E-state index is -1.15. The van der Waals surface area contributed by atoms with Gasteiger partial charge in [-0.3, -0.25) is 24.6 Å². The molecule has 2 aromatic carbocycles. The Hall–Kier alpha value is -3.92. The Morgan fingerprint density at radius 3 is 2.47 bits per heavy atom. The molecule has 2 heterocycles. The van der Waals surface area contributed by atoms with Crippen LogP contribution in [0.15, 0.2) is 54.1 Å². The summed E-state index contributed by atoms with van der Waals surface area (Å²) >= 11 is 1.19. The van der Waals surface area contributed by atoms with E-state index < -0.39 is 34.2 Å². The Morgan fingerprint density at radius 1 is 1.19 bits per heavy atom. The number of benzene rings is 2. The predicted octanol–water partition coefficient (Wildman–Crippen LogP) is 4.43. The van der Waals surface area contributed by atoms with Crippen LogP contribution < -0.4 is 4.90 Å². The molecule has 162 valence electrons. The Kier molecular flexibility index (Phi) is 5.31. The lowest BCUT2D eigenvalue weighted by molar-refractivity contribution is -0.384. The number of nitro benzene ring substituents is 1. The molecule has 0 bridgehead atoms. The molecule has 0 saturated carbocycles. The van der Waals surface area contributed by atoms with Crippen LogP contribution in [0.5, 0.6) is 0 Å². The van der Waals surface area contributed by atoms with Gasteiger partial charge in [0, 0.05) is 22.6 Å². The van der Waals surface area contributed by atoms with Crippen LogP contribution in [0.3, 0.4) is 0 Å². The zero-order chi connectivity index (χ0) is 23.2. The summed E-state index contributed by atoms with van der Waals surface area (Å²) in [4.78, 5) is 43.1. The van der Waals surface area contributed by atoms with Crippen LogP contribution >= 0.6 is 11.3 Å². The van der Waals surface area contributed by atoms with Crippen LogP contribution in [0.2, 0.25) is 0 Å². The molecule has 32 heavy (non-hydrogen) atoms. The number of carbonyl (C=O) groups excluding carboxylic acids is 2. The summed E-state index contributed by atoms with van der Waals surface area (Å²) in [6.07, 6.45) is 0. The summed E-state index contributed by atoms with van der Waals surface area (Å²) in [5.41, 5.74) is 0.566. The van der Waals surface area contributed by atoms with E-state index in [0.717, 1.165) is 21.9 Å². The molecule has 0 aliphatic carbocycles. The van der Waals surface area contributed by atoms with Crippen LogP contribution in [0, 0.1) is 29.8 Å². The Bertz CT molecular complexity index is 1280. The standard InChI is InChI=1S/C22H16FN3O5S/c1-11-12(2)32-22(24-11)25-18(14-4-3-5-16(10-14)26(30)31)17(20(28)21(25)29)19(27)13-6-8-15(23)9-7-13/h3-10,18,27H,1-2H3/b19-17+/t18-/m0/s1. The summed E-state index contributed by atoms with van der Waals surface area (Å²) in [6.45, 7) is 3.57. The second-order valence-electron chi connectivity index (χ2n) is 7.17. The van der Waals surface area contributed by atoms with Crippen molar-refractivity contribution in [3.8, 4) is 0 Å². The van der Waals surface area contributed by atoms with E-state index in [9.17, 15) is 29.2 Å². The van der Waals surface area contributed by atoms with Gasteiger partial charge in [-0.2, -0.15) is 0 Å². The van der Waals surface area contributed by atoms with E-state index >= 15 is 0 Å². The van der Waals surface area contributed by atoms with Crippen molar-refractivity contribution in [2.24, 2.45) is 0 Å². The van der Waals surface area contributed by atoms with Crippen LogP contribution in [0.4, 0.5) is 15.2 Å². The molecule has 1 aliphatic heterocycles. The number of aliphatic hydroxyl groups excluding tert-OH is 1. The highest BCUT2D eigenvalue weighted by Crippen LogP contribution is 2.44. The first-order chi connectivity index (χ1) is 15.2. The lowest BCUT2D eigenvalue weighted by Crippen LogP contribution is -2.29. The molecule has 1 saturated heterocycles. The number of hydrogen-bond acceptors (Lipinski definition) is 7. The van der Waals surface area contributed by atoms with Crippen LogP contribution in [0.25, 0.3) is 5.76 Å². The van der Waals surface area contributed by atoms with Crippen molar-refractivity contribution in [1.82, 2.24) is 4.98 Å². The third kappa shape index (κ3) is 3.54. The molecule has 1 fully saturated rings.